The molecule has 1 aliphatic heterocycles. The van der Waals surface area contributed by atoms with Crippen molar-refractivity contribution >= 4 is 0 Å². The van der Waals surface area contributed by atoms with Crippen LogP contribution in [0.2, 0.25) is 0 Å². The van der Waals surface area contributed by atoms with Gasteiger partial charge in [-0.05, 0) is 30.7 Å². The largest absolute Gasteiger partial charge is 0.497 e. The van der Waals surface area contributed by atoms with Gasteiger partial charge in [0, 0.05) is 12.5 Å². The van der Waals surface area contributed by atoms with Gasteiger partial charge in [-0.2, -0.15) is 5.26 Å². The number of methoxy groups -OCH3 is 1. The van der Waals surface area contributed by atoms with E-state index in [2.05, 4.69) is 23.5 Å². The van der Waals surface area contributed by atoms with E-state index in [-0.39, 0.29) is 5.92 Å². The van der Waals surface area contributed by atoms with Gasteiger partial charge in [0.15, 0.2) is 0 Å². The van der Waals surface area contributed by atoms with Gasteiger partial charge in [0.1, 0.15) is 5.75 Å². The second kappa shape index (κ2) is 5.00. The Balaban J connectivity index is 2.18. The lowest BCUT2D eigenvalue weighted by molar-refractivity contribution is 0.386. The van der Waals surface area contributed by atoms with Crippen LogP contribution in [0.5, 0.6) is 5.75 Å². The van der Waals surface area contributed by atoms with Crippen LogP contribution >= 0.6 is 0 Å². The third kappa shape index (κ3) is 2.17. The minimum absolute atomic E-state index is 0.134. The summed E-state index contributed by atoms with van der Waals surface area (Å²) in [5.74, 6) is 1.31. The molecule has 3 nitrogen and oxygen atoms in total. The van der Waals surface area contributed by atoms with Crippen LogP contribution in [0.3, 0.4) is 0 Å². The highest BCUT2D eigenvalue weighted by molar-refractivity contribution is 5.31. The quantitative estimate of drug-likeness (QED) is 0.821. The van der Waals surface area contributed by atoms with Crippen LogP contribution < -0.4 is 10.1 Å². The summed E-state index contributed by atoms with van der Waals surface area (Å²) in [6, 6.07) is 10.4. The van der Waals surface area contributed by atoms with Crippen molar-refractivity contribution in [2.45, 2.75) is 12.3 Å². The molecule has 0 radical (unpaired) electrons. The summed E-state index contributed by atoms with van der Waals surface area (Å²) in [5.41, 5.74) is 1.22. The van der Waals surface area contributed by atoms with Gasteiger partial charge in [0.2, 0.25) is 0 Å². The average Bonchev–Trinajstić information content (AvgIpc) is 2.39. The van der Waals surface area contributed by atoms with E-state index in [0.717, 1.165) is 25.3 Å². The first-order chi connectivity index (χ1) is 7.85. The zero-order chi connectivity index (χ0) is 11.4. The van der Waals surface area contributed by atoms with Crippen molar-refractivity contribution < 1.29 is 4.74 Å². The molecule has 1 heterocycles. The van der Waals surface area contributed by atoms with Crippen LogP contribution in [0.1, 0.15) is 17.9 Å². The minimum atomic E-state index is 0.134. The molecule has 16 heavy (non-hydrogen) atoms. The Labute approximate surface area is 96.0 Å². The molecule has 1 saturated heterocycles. The lowest BCUT2D eigenvalue weighted by Crippen LogP contribution is -2.34. The minimum Gasteiger partial charge on any atom is -0.497 e. The molecule has 2 unspecified atom stereocenters. The van der Waals surface area contributed by atoms with E-state index in [1.165, 1.54) is 5.56 Å². The Bertz CT molecular complexity index is 380. The number of benzene rings is 1. The fourth-order valence-corrected chi connectivity index (χ4v) is 2.21. The predicted octanol–water partition coefficient (Wildman–Crippen LogP) is 1.91. The molecule has 0 bridgehead atoms. The molecule has 1 fully saturated rings. The van der Waals surface area contributed by atoms with E-state index in [0.29, 0.717) is 5.92 Å². The zero-order valence-electron chi connectivity index (χ0n) is 9.44. The number of hydrogen-bond acceptors (Lipinski definition) is 3. The predicted molar refractivity (Wildman–Crippen MR) is 62.3 cm³/mol. The van der Waals surface area contributed by atoms with Crippen molar-refractivity contribution in [3.05, 3.63) is 29.8 Å². The molecule has 3 heteroatoms. The number of rotatable bonds is 2. The lowest BCUT2D eigenvalue weighted by atomic mass is 9.82. The first kappa shape index (κ1) is 11.0. The summed E-state index contributed by atoms with van der Waals surface area (Å²) in [7, 11) is 1.66. The second-order valence-corrected chi connectivity index (χ2v) is 4.11. The van der Waals surface area contributed by atoms with E-state index in [1.54, 1.807) is 7.11 Å². The van der Waals surface area contributed by atoms with E-state index in [1.807, 2.05) is 12.1 Å². The normalized spacial score (nSPS) is 24.8. The molecule has 0 aromatic heterocycles. The van der Waals surface area contributed by atoms with Gasteiger partial charge < -0.3 is 10.1 Å². The van der Waals surface area contributed by atoms with Gasteiger partial charge in [-0.1, -0.05) is 12.1 Å². The highest BCUT2D eigenvalue weighted by atomic mass is 16.5. The fourth-order valence-electron chi connectivity index (χ4n) is 2.21. The van der Waals surface area contributed by atoms with Gasteiger partial charge in [0.25, 0.3) is 0 Å². The average molecular weight is 216 g/mol. The molecule has 0 amide bonds. The topological polar surface area (TPSA) is 45.0 Å². The monoisotopic (exact) mass is 216 g/mol. The van der Waals surface area contributed by atoms with Crippen molar-refractivity contribution in [3.8, 4) is 11.8 Å². The summed E-state index contributed by atoms with van der Waals surface area (Å²) in [5, 5.41) is 12.5. The van der Waals surface area contributed by atoms with Crippen molar-refractivity contribution in [1.82, 2.24) is 5.32 Å². The molecule has 0 aliphatic carbocycles. The van der Waals surface area contributed by atoms with E-state index in [9.17, 15) is 0 Å². The number of nitrogens with one attached hydrogen (secondary N) is 1. The van der Waals surface area contributed by atoms with Crippen LogP contribution in [0, 0.1) is 17.2 Å². The molecule has 1 aromatic rings. The Morgan fingerprint density at radius 2 is 2.12 bits per heavy atom. The van der Waals surface area contributed by atoms with Gasteiger partial charge >= 0.3 is 0 Å². The summed E-state index contributed by atoms with van der Waals surface area (Å²) in [6.07, 6.45) is 0.938. The van der Waals surface area contributed by atoms with Crippen LogP contribution in [-0.2, 0) is 0 Å². The van der Waals surface area contributed by atoms with Gasteiger partial charge in [-0.25, -0.2) is 0 Å². The summed E-state index contributed by atoms with van der Waals surface area (Å²) >= 11 is 0. The van der Waals surface area contributed by atoms with E-state index in [4.69, 9.17) is 10.00 Å². The Morgan fingerprint density at radius 1 is 1.38 bits per heavy atom. The second-order valence-electron chi connectivity index (χ2n) is 4.11. The Hall–Kier alpha value is -1.53. The summed E-state index contributed by atoms with van der Waals surface area (Å²) in [4.78, 5) is 0. The molecule has 0 saturated carbocycles. The maximum atomic E-state index is 9.12. The van der Waals surface area contributed by atoms with Crippen molar-refractivity contribution in [2.24, 2.45) is 5.92 Å². The number of hydrogen-bond donors (Lipinski definition) is 1. The molecule has 2 rings (SSSR count). The maximum Gasteiger partial charge on any atom is 0.118 e. The van der Waals surface area contributed by atoms with Crippen molar-refractivity contribution in [1.29, 1.82) is 5.26 Å². The third-order valence-corrected chi connectivity index (χ3v) is 3.19. The number of piperidine rings is 1. The Kier molecular flexibility index (Phi) is 3.43. The SMILES string of the molecule is COc1ccc(C2CNCCC2C#N)cc1. The lowest BCUT2D eigenvalue weighted by Gasteiger charge is -2.27. The number of ether oxygens (including phenoxy) is 1. The molecule has 2 atom stereocenters. The van der Waals surface area contributed by atoms with E-state index >= 15 is 0 Å². The maximum absolute atomic E-state index is 9.12. The van der Waals surface area contributed by atoms with Crippen LogP contribution in [0.4, 0.5) is 0 Å². The van der Waals surface area contributed by atoms with Crippen LogP contribution in [0.25, 0.3) is 0 Å². The van der Waals surface area contributed by atoms with Crippen molar-refractivity contribution in [2.75, 3.05) is 20.2 Å². The first-order valence-electron chi connectivity index (χ1n) is 5.59. The third-order valence-electron chi connectivity index (χ3n) is 3.19. The molecular weight excluding hydrogens is 200 g/mol. The molecule has 1 aliphatic rings. The highest BCUT2D eigenvalue weighted by Gasteiger charge is 2.25. The van der Waals surface area contributed by atoms with Gasteiger partial charge in [-0.15, -0.1) is 0 Å². The van der Waals surface area contributed by atoms with Crippen molar-refractivity contribution in [3.63, 3.8) is 0 Å². The standard InChI is InChI=1S/C13H16N2O/c1-16-12-4-2-10(3-5-12)13-9-15-7-6-11(13)8-14/h2-5,11,13,15H,6-7,9H2,1H3. The Morgan fingerprint density at radius 3 is 2.75 bits per heavy atom. The zero-order valence-corrected chi connectivity index (χ0v) is 9.44. The number of nitrogens with zero attached hydrogens (tertiary/aromatic N) is 1. The van der Waals surface area contributed by atoms with Crippen LogP contribution in [0.15, 0.2) is 24.3 Å². The first-order valence-corrected chi connectivity index (χ1v) is 5.59. The highest BCUT2D eigenvalue weighted by Crippen LogP contribution is 2.29. The van der Waals surface area contributed by atoms with E-state index < -0.39 is 0 Å². The molecule has 1 aromatic carbocycles. The fraction of sp³-hybridized carbons (Fsp3) is 0.462. The summed E-state index contributed by atoms with van der Waals surface area (Å²) in [6.45, 7) is 1.84. The molecule has 0 spiro atoms. The smallest absolute Gasteiger partial charge is 0.118 e. The van der Waals surface area contributed by atoms with Gasteiger partial charge in [0.05, 0.1) is 19.1 Å². The molecule has 1 N–H and O–H groups in total. The molecule has 84 valence electrons. The van der Waals surface area contributed by atoms with Crippen LogP contribution in [-0.4, -0.2) is 20.2 Å². The summed E-state index contributed by atoms with van der Waals surface area (Å²) < 4.78 is 5.13. The van der Waals surface area contributed by atoms with Gasteiger partial charge in [-0.3, -0.25) is 0 Å². The number of nitriles is 1. The molecular formula is C13H16N2O.